The van der Waals surface area contributed by atoms with Crippen LogP contribution in [0.2, 0.25) is 0 Å². The van der Waals surface area contributed by atoms with Gasteiger partial charge in [0.1, 0.15) is 0 Å². The van der Waals surface area contributed by atoms with Gasteiger partial charge in [-0.25, -0.2) is 0 Å². The van der Waals surface area contributed by atoms with Crippen LogP contribution in [0.25, 0.3) is 0 Å². The summed E-state index contributed by atoms with van der Waals surface area (Å²) in [6, 6.07) is 0. The highest BCUT2D eigenvalue weighted by Crippen LogP contribution is 2.40. The van der Waals surface area contributed by atoms with Crippen molar-refractivity contribution in [3.63, 3.8) is 0 Å². The average Bonchev–Trinajstić information content (AvgIpc) is 2.59. The second kappa shape index (κ2) is 4.97. The van der Waals surface area contributed by atoms with Crippen molar-refractivity contribution in [2.45, 2.75) is 52.4 Å². The van der Waals surface area contributed by atoms with Crippen LogP contribution < -0.4 is 0 Å². The maximum Gasteiger partial charge on any atom is 0.0100 e. The van der Waals surface area contributed by atoms with Gasteiger partial charge in [-0.1, -0.05) is 49.0 Å². The monoisotopic (exact) mass is 287 g/mol. The SMILES string of the molecule is CC1(C)CCN(CC2(CBr)CCCCC2)C1. The maximum atomic E-state index is 3.78. The van der Waals surface area contributed by atoms with Gasteiger partial charge >= 0.3 is 0 Å². The normalized spacial score (nSPS) is 29.4. The molecular weight excluding hydrogens is 262 g/mol. The van der Waals surface area contributed by atoms with Crippen LogP contribution in [-0.4, -0.2) is 29.9 Å². The molecule has 94 valence electrons. The van der Waals surface area contributed by atoms with Gasteiger partial charge in [0, 0.05) is 18.4 Å². The molecule has 2 rings (SSSR count). The molecule has 2 fully saturated rings. The summed E-state index contributed by atoms with van der Waals surface area (Å²) in [6.07, 6.45) is 8.61. The molecule has 0 radical (unpaired) electrons. The topological polar surface area (TPSA) is 3.24 Å². The third kappa shape index (κ3) is 3.01. The molecule has 16 heavy (non-hydrogen) atoms. The predicted octanol–water partition coefficient (Wildman–Crippen LogP) is 4.06. The van der Waals surface area contributed by atoms with Gasteiger partial charge < -0.3 is 4.90 Å². The van der Waals surface area contributed by atoms with Gasteiger partial charge in [-0.2, -0.15) is 0 Å². The Bertz CT molecular complexity index is 231. The molecular formula is C14H26BrN. The zero-order valence-electron chi connectivity index (χ0n) is 10.9. The van der Waals surface area contributed by atoms with Gasteiger partial charge in [0.15, 0.2) is 0 Å². The number of nitrogens with zero attached hydrogens (tertiary/aromatic N) is 1. The Morgan fingerprint density at radius 3 is 2.25 bits per heavy atom. The first-order valence-corrected chi connectivity index (χ1v) is 7.96. The quantitative estimate of drug-likeness (QED) is 0.708. The molecule has 0 N–H and O–H groups in total. The lowest BCUT2D eigenvalue weighted by Gasteiger charge is -2.39. The van der Waals surface area contributed by atoms with Gasteiger partial charge in [-0.3, -0.25) is 0 Å². The second-order valence-corrected chi connectivity index (χ2v) is 7.38. The lowest BCUT2D eigenvalue weighted by Crippen LogP contribution is -2.40. The number of alkyl halides is 1. The van der Waals surface area contributed by atoms with E-state index in [1.165, 1.54) is 63.5 Å². The van der Waals surface area contributed by atoms with Crippen LogP contribution in [0.1, 0.15) is 52.4 Å². The van der Waals surface area contributed by atoms with Crippen LogP contribution in [0, 0.1) is 10.8 Å². The smallest absolute Gasteiger partial charge is 0.0100 e. The van der Waals surface area contributed by atoms with Gasteiger partial charge in [-0.15, -0.1) is 0 Å². The third-order valence-electron chi connectivity index (χ3n) is 4.51. The molecule has 0 aromatic rings. The molecule has 0 bridgehead atoms. The highest BCUT2D eigenvalue weighted by Gasteiger charge is 2.37. The van der Waals surface area contributed by atoms with E-state index in [0.29, 0.717) is 10.8 Å². The highest BCUT2D eigenvalue weighted by molar-refractivity contribution is 9.09. The van der Waals surface area contributed by atoms with Gasteiger partial charge in [0.05, 0.1) is 0 Å². The Kier molecular flexibility index (Phi) is 4.01. The molecule has 2 aliphatic rings. The lowest BCUT2D eigenvalue weighted by molar-refractivity contribution is 0.137. The first-order chi connectivity index (χ1) is 7.55. The van der Waals surface area contributed by atoms with Crippen molar-refractivity contribution in [3.05, 3.63) is 0 Å². The molecule has 1 saturated carbocycles. The van der Waals surface area contributed by atoms with E-state index >= 15 is 0 Å². The minimum Gasteiger partial charge on any atom is -0.302 e. The summed E-state index contributed by atoms with van der Waals surface area (Å²) >= 11 is 3.78. The van der Waals surface area contributed by atoms with Crippen LogP contribution in [0.4, 0.5) is 0 Å². The fourth-order valence-electron chi connectivity index (χ4n) is 3.47. The Balaban J connectivity index is 1.91. The number of halogens is 1. The largest absolute Gasteiger partial charge is 0.302 e. The lowest BCUT2D eigenvalue weighted by atomic mass is 9.75. The molecule has 1 heterocycles. The van der Waals surface area contributed by atoms with E-state index in [1.54, 1.807) is 0 Å². The van der Waals surface area contributed by atoms with Crippen molar-refractivity contribution in [1.29, 1.82) is 0 Å². The van der Waals surface area contributed by atoms with Gasteiger partial charge in [-0.05, 0) is 36.6 Å². The number of likely N-dealkylation sites (tertiary alicyclic amines) is 1. The minimum absolute atomic E-state index is 0.558. The predicted molar refractivity (Wildman–Crippen MR) is 74.2 cm³/mol. The molecule has 0 unspecified atom stereocenters. The van der Waals surface area contributed by atoms with Crippen LogP contribution >= 0.6 is 15.9 Å². The molecule has 0 spiro atoms. The molecule has 0 aromatic carbocycles. The van der Waals surface area contributed by atoms with E-state index in [2.05, 4.69) is 34.7 Å². The minimum atomic E-state index is 0.558. The molecule has 0 aromatic heterocycles. The van der Waals surface area contributed by atoms with Crippen LogP contribution in [-0.2, 0) is 0 Å². The van der Waals surface area contributed by atoms with Crippen molar-refractivity contribution < 1.29 is 0 Å². The van der Waals surface area contributed by atoms with Crippen molar-refractivity contribution in [2.24, 2.45) is 10.8 Å². The Morgan fingerprint density at radius 1 is 1.06 bits per heavy atom. The first kappa shape index (κ1) is 12.9. The summed E-state index contributed by atoms with van der Waals surface area (Å²) in [6.45, 7) is 8.79. The summed E-state index contributed by atoms with van der Waals surface area (Å²) in [5.74, 6) is 0. The summed E-state index contributed by atoms with van der Waals surface area (Å²) < 4.78 is 0. The zero-order valence-corrected chi connectivity index (χ0v) is 12.5. The molecule has 2 heteroatoms. The van der Waals surface area contributed by atoms with E-state index < -0.39 is 0 Å². The van der Waals surface area contributed by atoms with E-state index in [-0.39, 0.29) is 0 Å². The van der Waals surface area contributed by atoms with E-state index in [0.717, 1.165) is 0 Å². The molecule has 0 amide bonds. The highest BCUT2D eigenvalue weighted by atomic mass is 79.9. The van der Waals surface area contributed by atoms with Crippen molar-refractivity contribution in [1.82, 2.24) is 4.90 Å². The van der Waals surface area contributed by atoms with Gasteiger partial charge in [0.25, 0.3) is 0 Å². The standard InChI is InChI=1S/C14H26BrN/c1-13(2)8-9-16(11-13)12-14(10-15)6-4-3-5-7-14/h3-12H2,1-2H3. The van der Waals surface area contributed by atoms with Gasteiger partial charge in [0.2, 0.25) is 0 Å². The molecule has 1 aliphatic heterocycles. The zero-order chi connectivity index (χ0) is 11.6. The van der Waals surface area contributed by atoms with Crippen LogP contribution in [0.3, 0.4) is 0 Å². The fraction of sp³-hybridized carbons (Fsp3) is 1.00. The van der Waals surface area contributed by atoms with E-state index in [1.807, 2.05) is 0 Å². The Morgan fingerprint density at radius 2 is 1.75 bits per heavy atom. The number of hydrogen-bond donors (Lipinski definition) is 0. The fourth-order valence-corrected chi connectivity index (χ4v) is 4.21. The number of rotatable bonds is 3. The average molecular weight is 288 g/mol. The second-order valence-electron chi connectivity index (χ2n) is 6.82. The number of hydrogen-bond acceptors (Lipinski definition) is 1. The van der Waals surface area contributed by atoms with E-state index in [4.69, 9.17) is 0 Å². The molecule has 1 nitrogen and oxygen atoms in total. The summed E-state index contributed by atoms with van der Waals surface area (Å²) in [5.41, 5.74) is 1.15. The molecule has 0 atom stereocenters. The van der Waals surface area contributed by atoms with E-state index in [9.17, 15) is 0 Å². The van der Waals surface area contributed by atoms with Crippen molar-refractivity contribution >= 4 is 15.9 Å². The summed E-state index contributed by atoms with van der Waals surface area (Å²) in [4.78, 5) is 2.71. The van der Waals surface area contributed by atoms with Crippen molar-refractivity contribution in [3.8, 4) is 0 Å². The van der Waals surface area contributed by atoms with Crippen LogP contribution in [0.5, 0.6) is 0 Å². The summed E-state index contributed by atoms with van der Waals surface area (Å²) in [7, 11) is 0. The molecule has 1 saturated heterocycles. The third-order valence-corrected chi connectivity index (χ3v) is 5.70. The first-order valence-electron chi connectivity index (χ1n) is 6.84. The summed E-state index contributed by atoms with van der Waals surface area (Å²) in [5, 5.41) is 1.21. The Hall–Kier alpha value is 0.440. The van der Waals surface area contributed by atoms with Crippen LogP contribution in [0.15, 0.2) is 0 Å². The van der Waals surface area contributed by atoms with Crippen molar-refractivity contribution in [2.75, 3.05) is 25.0 Å². The maximum absolute atomic E-state index is 3.78. The molecule has 1 aliphatic carbocycles. The Labute approximate surface area is 109 Å².